The van der Waals surface area contributed by atoms with Crippen molar-refractivity contribution in [2.75, 3.05) is 18.5 Å². The Bertz CT molecular complexity index is 522. The Balaban J connectivity index is 2.28. The maximum Gasteiger partial charge on any atom is 0.0983 e. The maximum atomic E-state index is 4.28. The van der Waals surface area contributed by atoms with Gasteiger partial charge >= 0.3 is 0 Å². The highest BCUT2D eigenvalue weighted by Crippen LogP contribution is 2.33. The summed E-state index contributed by atoms with van der Waals surface area (Å²) < 4.78 is 0. The SMILES string of the molecule is CN1CCc2ccnnc2-c2ccccc21. The average molecular weight is 211 g/mol. The highest BCUT2D eigenvalue weighted by atomic mass is 15.1. The molecule has 3 nitrogen and oxygen atoms in total. The molecule has 0 unspecified atom stereocenters. The number of fused-ring (bicyclic) bond motifs is 3. The zero-order chi connectivity index (χ0) is 11.0. The largest absolute Gasteiger partial charge is 0.374 e. The van der Waals surface area contributed by atoms with Gasteiger partial charge in [-0.2, -0.15) is 10.2 Å². The molecule has 16 heavy (non-hydrogen) atoms. The maximum absolute atomic E-state index is 4.28. The van der Waals surface area contributed by atoms with Gasteiger partial charge in [-0.05, 0) is 24.1 Å². The van der Waals surface area contributed by atoms with E-state index in [1.165, 1.54) is 16.8 Å². The van der Waals surface area contributed by atoms with Crippen LogP contribution in [0.5, 0.6) is 0 Å². The third-order valence-corrected chi connectivity index (χ3v) is 3.09. The first-order valence-electron chi connectivity index (χ1n) is 5.47. The smallest absolute Gasteiger partial charge is 0.0983 e. The van der Waals surface area contributed by atoms with Crippen LogP contribution in [-0.2, 0) is 6.42 Å². The second-order valence-corrected chi connectivity index (χ2v) is 4.09. The van der Waals surface area contributed by atoms with E-state index in [0.29, 0.717) is 0 Å². The predicted molar refractivity (Wildman–Crippen MR) is 64.4 cm³/mol. The van der Waals surface area contributed by atoms with Gasteiger partial charge in [-0.3, -0.25) is 0 Å². The van der Waals surface area contributed by atoms with Crippen LogP contribution in [0.25, 0.3) is 11.3 Å². The molecule has 0 fully saturated rings. The second kappa shape index (κ2) is 3.59. The lowest BCUT2D eigenvalue weighted by Crippen LogP contribution is -2.18. The summed E-state index contributed by atoms with van der Waals surface area (Å²) in [6, 6.07) is 10.4. The lowest BCUT2D eigenvalue weighted by atomic mass is 10.0. The van der Waals surface area contributed by atoms with Gasteiger partial charge in [0.1, 0.15) is 0 Å². The Hall–Kier alpha value is -1.90. The predicted octanol–water partition coefficient (Wildman–Crippen LogP) is 2.14. The molecule has 0 radical (unpaired) electrons. The Morgan fingerprint density at radius 2 is 2.06 bits per heavy atom. The summed E-state index contributed by atoms with van der Waals surface area (Å²) in [6.07, 6.45) is 2.79. The average Bonchev–Trinajstić information content (AvgIpc) is 2.49. The van der Waals surface area contributed by atoms with Crippen LogP contribution < -0.4 is 4.90 Å². The van der Waals surface area contributed by atoms with Crippen LogP contribution in [0.3, 0.4) is 0 Å². The molecule has 0 saturated heterocycles. The molecule has 80 valence electrons. The highest BCUT2D eigenvalue weighted by molar-refractivity contribution is 5.78. The normalized spacial score (nSPS) is 13.9. The number of benzene rings is 1. The fraction of sp³-hybridized carbons (Fsp3) is 0.231. The number of anilines is 1. The molecule has 0 aliphatic carbocycles. The van der Waals surface area contributed by atoms with Gasteiger partial charge in [0.2, 0.25) is 0 Å². The molecular formula is C13H13N3. The summed E-state index contributed by atoms with van der Waals surface area (Å²) in [4.78, 5) is 2.27. The van der Waals surface area contributed by atoms with Crippen molar-refractivity contribution in [3.05, 3.63) is 42.1 Å². The molecule has 2 heterocycles. The van der Waals surface area contributed by atoms with E-state index in [0.717, 1.165) is 18.7 Å². The first kappa shape index (κ1) is 9.33. The molecule has 0 bridgehead atoms. The number of nitrogens with zero attached hydrogens (tertiary/aromatic N) is 3. The topological polar surface area (TPSA) is 29.0 Å². The third-order valence-electron chi connectivity index (χ3n) is 3.09. The molecule has 1 aromatic heterocycles. The van der Waals surface area contributed by atoms with Gasteiger partial charge in [0.05, 0.1) is 5.69 Å². The second-order valence-electron chi connectivity index (χ2n) is 4.09. The van der Waals surface area contributed by atoms with Gasteiger partial charge < -0.3 is 4.90 Å². The number of likely N-dealkylation sites (N-methyl/N-ethyl adjacent to an activating group) is 1. The zero-order valence-electron chi connectivity index (χ0n) is 9.22. The van der Waals surface area contributed by atoms with Crippen LogP contribution in [0.1, 0.15) is 5.56 Å². The van der Waals surface area contributed by atoms with E-state index in [1.54, 1.807) is 6.20 Å². The van der Waals surface area contributed by atoms with E-state index in [-0.39, 0.29) is 0 Å². The Kier molecular flexibility index (Phi) is 2.10. The fourth-order valence-electron chi connectivity index (χ4n) is 2.20. The molecule has 1 aliphatic heterocycles. The van der Waals surface area contributed by atoms with Gasteiger partial charge in [-0.25, -0.2) is 0 Å². The summed E-state index contributed by atoms with van der Waals surface area (Å²) >= 11 is 0. The standard InChI is InChI=1S/C13H13N3/c1-16-9-7-10-6-8-14-15-13(10)11-4-2-3-5-12(11)16/h2-6,8H,7,9H2,1H3. The van der Waals surface area contributed by atoms with Crippen LogP contribution >= 0.6 is 0 Å². The van der Waals surface area contributed by atoms with E-state index in [2.05, 4.69) is 52.5 Å². The number of hydrogen-bond donors (Lipinski definition) is 0. The Morgan fingerprint density at radius 3 is 3.00 bits per heavy atom. The molecular weight excluding hydrogens is 198 g/mol. The van der Waals surface area contributed by atoms with E-state index in [4.69, 9.17) is 0 Å². The Morgan fingerprint density at radius 1 is 1.19 bits per heavy atom. The minimum atomic E-state index is 1.02. The van der Waals surface area contributed by atoms with E-state index >= 15 is 0 Å². The van der Waals surface area contributed by atoms with Gasteiger partial charge in [0.25, 0.3) is 0 Å². The molecule has 1 aromatic carbocycles. The van der Waals surface area contributed by atoms with Crippen LogP contribution in [0.15, 0.2) is 36.5 Å². The van der Waals surface area contributed by atoms with Crippen molar-refractivity contribution in [2.24, 2.45) is 0 Å². The Labute approximate surface area is 94.7 Å². The van der Waals surface area contributed by atoms with Gasteiger partial charge in [-0.15, -0.1) is 0 Å². The number of hydrogen-bond acceptors (Lipinski definition) is 3. The van der Waals surface area contributed by atoms with Gasteiger partial charge in [0.15, 0.2) is 0 Å². The summed E-state index contributed by atoms with van der Waals surface area (Å²) in [5.74, 6) is 0. The number of aromatic nitrogens is 2. The summed E-state index contributed by atoms with van der Waals surface area (Å²) in [5, 5.41) is 8.27. The quantitative estimate of drug-likeness (QED) is 0.668. The lowest BCUT2D eigenvalue weighted by Gasteiger charge is -2.18. The summed E-state index contributed by atoms with van der Waals surface area (Å²) in [5.41, 5.74) is 4.74. The monoisotopic (exact) mass is 211 g/mol. The molecule has 0 N–H and O–H groups in total. The minimum absolute atomic E-state index is 1.02. The molecule has 1 aliphatic rings. The first-order valence-corrected chi connectivity index (χ1v) is 5.47. The van der Waals surface area contributed by atoms with E-state index in [1.807, 2.05) is 0 Å². The summed E-state index contributed by atoms with van der Waals surface area (Å²) in [7, 11) is 2.12. The number of para-hydroxylation sites is 1. The van der Waals surface area contributed by atoms with Crippen LogP contribution in [-0.4, -0.2) is 23.8 Å². The lowest BCUT2D eigenvalue weighted by molar-refractivity contribution is 0.881. The van der Waals surface area contributed by atoms with Crippen molar-refractivity contribution in [1.82, 2.24) is 10.2 Å². The molecule has 3 heteroatoms. The minimum Gasteiger partial charge on any atom is -0.374 e. The van der Waals surface area contributed by atoms with Crippen molar-refractivity contribution < 1.29 is 0 Å². The van der Waals surface area contributed by atoms with Crippen molar-refractivity contribution in [1.29, 1.82) is 0 Å². The molecule has 0 saturated carbocycles. The van der Waals surface area contributed by atoms with Crippen molar-refractivity contribution in [3.63, 3.8) is 0 Å². The van der Waals surface area contributed by atoms with Gasteiger partial charge in [0, 0.05) is 31.0 Å². The molecule has 3 rings (SSSR count). The summed E-state index contributed by atoms with van der Waals surface area (Å²) in [6.45, 7) is 1.02. The van der Waals surface area contributed by atoms with E-state index < -0.39 is 0 Å². The van der Waals surface area contributed by atoms with Crippen molar-refractivity contribution in [3.8, 4) is 11.3 Å². The molecule has 0 atom stereocenters. The number of rotatable bonds is 0. The van der Waals surface area contributed by atoms with Crippen LogP contribution in [0.4, 0.5) is 5.69 Å². The fourth-order valence-corrected chi connectivity index (χ4v) is 2.20. The molecule has 0 spiro atoms. The van der Waals surface area contributed by atoms with Crippen LogP contribution in [0, 0.1) is 0 Å². The first-order chi connectivity index (χ1) is 7.86. The van der Waals surface area contributed by atoms with Crippen molar-refractivity contribution in [2.45, 2.75) is 6.42 Å². The molecule has 2 aromatic rings. The van der Waals surface area contributed by atoms with Crippen molar-refractivity contribution >= 4 is 5.69 Å². The highest BCUT2D eigenvalue weighted by Gasteiger charge is 2.17. The third kappa shape index (κ3) is 1.36. The van der Waals surface area contributed by atoms with E-state index in [9.17, 15) is 0 Å². The zero-order valence-corrected chi connectivity index (χ0v) is 9.22. The van der Waals surface area contributed by atoms with Crippen LogP contribution in [0.2, 0.25) is 0 Å². The van der Waals surface area contributed by atoms with Gasteiger partial charge in [-0.1, -0.05) is 18.2 Å². The molecule has 0 amide bonds.